The van der Waals surface area contributed by atoms with Crippen LogP contribution < -0.4 is 5.73 Å². The van der Waals surface area contributed by atoms with Crippen molar-refractivity contribution < 1.29 is 22.8 Å². The third-order valence-corrected chi connectivity index (χ3v) is 1.97. The highest BCUT2D eigenvalue weighted by Gasteiger charge is 2.38. The Labute approximate surface area is 93.4 Å². The zero-order valence-electron chi connectivity index (χ0n) is 8.21. The Morgan fingerprint density at radius 1 is 1.41 bits per heavy atom. The summed E-state index contributed by atoms with van der Waals surface area (Å²) in [6.45, 7) is 0. The van der Waals surface area contributed by atoms with Gasteiger partial charge in [0.25, 0.3) is 0 Å². The number of halogens is 3. The summed E-state index contributed by atoms with van der Waals surface area (Å²) in [7, 11) is 0. The van der Waals surface area contributed by atoms with Gasteiger partial charge in [-0.2, -0.15) is 18.4 Å². The Morgan fingerprint density at radius 3 is 2.35 bits per heavy atom. The highest BCUT2D eigenvalue weighted by molar-refractivity contribution is 5.97. The highest BCUT2D eigenvalue weighted by atomic mass is 19.4. The van der Waals surface area contributed by atoms with Gasteiger partial charge >= 0.3 is 6.18 Å². The molecular weight excluding hydrogens is 237 g/mol. The average molecular weight is 242 g/mol. The fourth-order valence-corrected chi connectivity index (χ4v) is 1.32. The Kier molecular flexibility index (Phi) is 3.18. The summed E-state index contributed by atoms with van der Waals surface area (Å²) >= 11 is 0. The first kappa shape index (κ1) is 12.7. The first-order valence-electron chi connectivity index (χ1n) is 4.21. The summed E-state index contributed by atoms with van der Waals surface area (Å²) in [5, 5.41) is 8.59. The van der Waals surface area contributed by atoms with Crippen LogP contribution in [0.25, 0.3) is 0 Å². The molecule has 0 unspecified atom stereocenters. The first-order valence-corrected chi connectivity index (χ1v) is 4.21. The number of rotatable bonds is 2. The van der Waals surface area contributed by atoms with E-state index < -0.39 is 28.8 Å². The minimum atomic E-state index is -4.89. The number of alkyl halides is 3. The molecule has 0 aliphatic carbocycles. The van der Waals surface area contributed by atoms with Gasteiger partial charge in [0.05, 0.1) is 22.8 Å². The number of carbonyl (C=O) groups is 2. The second kappa shape index (κ2) is 4.25. The van der Waals surface area contributed by atoms with Crippen LogP contribution in [0, 0.1) is 11.3 Å². The molecule has 1 aromatic rings. The minimum Gasteiger partial charge on any atom is -0.366 e. The molecule has 0 radical (unpaired) electrons. The number of primary amides is 1. The van der Waals surface area contributed by atoms with Crippen molar-refractivity contribution in [1.82, 2.24) is 0 Å². The smallest absolute Gasteiger partial charge is 0.366 e. The third kappa shape index (κ3) is 2.42. The first-order chi connectivity index (χ1) is 7.81. The van der Waals surface area contributed by atoms with Gasteiger partial charge in [-0.1, -0.05) is 0 Å². The average Bonchev–Trinajstić information content (AvgIpc) is 2.25. The molecule has 0 aromatic heterocycles. The van der Waals surface area contributed by atoms with Gasteiger partial charge in [-0.15, -0.1) is 0 Å². The summed E-state index contributed by atoms with van der Waals surface area (Å²) in [5.74, 6) is -1.35. The van der Waals surface area contributed by atoms with Crippen LogP contribution in [0.5, 0.6) is 0 Å². The third-order valence-electron chi connectivity index (χ3n) is 1.97. The van der Waals surface area contributed by atoms with E-state index in [4.69, 9.17) is 11.0 Å². The second-order valence-corrected chi connectivity index (χ2v) is 3.08. The van der Waals surface area contributed by atoms with Crippen LogP contribution in [0.15, 0.2) is 12.1 Å². The van der Waals surface area contributed by atoms with E-state index in [0.29, 0.717) is 6.07 Å². The molecule has 0 fully saturated rings. The second-order valence-electron chi connectivity index (χ2n) is 3.08. The lowest BCUT2D eigenvalue weighted by atomic mass is 9.97. The van der Waals surface area contributed by atoms with Crippen molar-refractivity contribution in [3.05, 3.63) is 34.4 Å². The fraction of sp³-hybridized carbons (Fsp3) is 0.100. The zero-order chi connectivity index (χ0) is 13.2. The fourth-order valence-electron chi connectivity index (χ4n) is 1.32. The molecule has 0 aliphatic heterocycles. The molecule has 0 heterocycles. The van der Waals surface area contributed by atoms with Crippen LogP contribution in [0.1, 0.15) is 31.8 Å². The molecule has 1 rings (SSSR count). The van der Waals surface area contributed by atoms with Crippen molar-refractivity contribution in [3.63, 3.8) is 0 Å². The predicted molar refractivity (Wildman–Crippen MR) is 50.1 cm³/mol. The summed E-state index contributed by atoms with van der Waals surface area (Å²) < 4.78 is 37.9. The molecular formula is C10H5F3N2O2. The number of carbonyl (C=O) groups excluding carboxylic acids is 2. The Morgan fingerprint density at radius 2 is 2.00 bits per heavy atom. The highest BCUT2D eigenvalue weighted by Crippen LogP contribution is 2.35. The van der Waals surface area contributed by atoms with Crippen LogP contribution in [-0.4, -0.2) is 12.2 Å². The van der Waals surface area contributed by atoms with Gasteiger partial charge in [-0.25, -0.2) is 0 Å². The summed E-state index contributed by atoms with van der Waals surface area (Å²) in [6, 6.07) is 2.75. The van der Waals surface area contributed by atoms with E-state index in [1.807, 2.05) is 0 Å². The normalized spacial score (nSPS) is 10.7. The molecule has 17 heavy (non-hydrogen) atoms. The summed E-state index contributed by atoms with van der Waals surface area (Å²) in [4.78, 5) is 21.4. The standard InChI is InChI=1S/C10H5F3N2O2/c11-10(12,13)8-6(3-14)1-5(4-16)2-7(8)9(15)17/h1-2,4H,(H2,15,17). The van der Waals surface area contributed by atoms with Crippen molar-refractivity contribution in [2.45, 2.75) is 6.18 Å². The number of nitriles is 1. The maximum atomic E-state index is 12.6. The van der Waals surface area contributed by atoms with Gasteiger partial charge in [-0.3, -0.25) is 9.59 Å². The maximum absolute atomic E-state index is 12.6. The molecule has 0 saturated heterocycles. The van der Waals surface area contributed by atoms with E-state index in [2.05, 4.69) is 0 Å². The van der Waals surface area contributed by atoms with Gasteiger partial charge in [-0.05, 0) is 12.1 Å². The van der Waals surface area contributed by atoms with E-state index in [9.17, 15) is 22.8 Å². The Balaban J connectivity index is 3.72. The molecule has 0 saturated carbocycles. The number of aldehydes is 1. The van der Waals surface area contributed by atoms with Crippen molar-refractivity contribution >= 4 is 12.2 Å². The van der Waals surface area contributed by atoms with Gasteiger partial charge in [0.2, 0.25) is 5.91 Å². The Bertz CT molecular complexity index is 530. The molecule has 1 amide bonds. The van der Waals surface area contributed by atoms with Gasteiger partial charge < -0.3 is 5.73 Å². The van der Waals surface area contributed by atoms with E-state index in [1.165, 1.54) is 6.07 Å². The van der Waals surface area contributed by atoms with Crippen molar-refractivity contribution in [2.24, 2.45) is 5.73 Å². The SMILES string of the molecule is N#Cc1cc(C=O)cc(C(N)=O)c1C(F)(F)F. The topological polar surface area (TPSA) is 83.9 Å². The number of hydrogen-bond donors (Lipinski definition) is 1. The lowest BCUT2D eigenvalue weighted by molar-refractivity contribution is -0.138. The predicted octanol–water partition coefficient (Wildman–Crippen LogP) is 1.49. The number of hydrogen-bond acceptors (Lipinski definition) is 3. The molecule has 0 spiro atoms. The van der Waals surface area contributed by atoms with Crippen molar-refractivity contribution in [1.29, 1.82) is 5.26 Å². The number of nitrogens with zero attached hydrogens (tertiary/aromatic N) is 1. The van der Waals surface area contributed by atoms with Crippen molar-refractivity contribution in [3.8, 4) is 6.07 Å². The van der Waals surface area contributed by atoms with E-state index in [-0.39, 0.29) is 11.8 Å². The molecule has 0 bridgehead atoms. The summed E-state index contributed by atoms with van der Waals surface area (Å²) in [6.07, 6.45) is -4.66. The van der Waals surface area contributed by atoms with Gasteiger partial charge in [0, 0.05) is 5.56 Å². The number of amides is 1. The largest absolute Gasteiger partial charge is 0.418 e. The van der Waals surface area contributed by atoms with Gasteiger partial charge in [0.15, 0.2) is 0 Å². The van der Waals surface area contributed by atoms with Crippen LogP contribution in [0.3, 0.4) is 0 Å². The maximum Gasteiger partial charge on any atom is 0.418 e. The molecule has 0 atom stereocenters. The van der Waals surface area contributed by atoms with E-state index in [1.54, 1.807) is 0 Å². The molecule has 7 heteroatoms. The zero-order valence-corrected chi connectivity index (χ0v) is 8.21. The molecule has 0 aliphatic rings. The van der Waals surface area contributed by atoms with Crippen LogP contribution in [-0.2, 0) is 6.18 Å². The molecule has 2 N–H and O–H groups in total. The van der Waals surface area contributed by atoms with Crippen LogP contribution in [0.4, 0.5) is 13.2 Å². The monoisotopic (exact) mass is 242 g/mol. The van der Waals surface area contributed by atoms with E-state index >= 15 is 0 Å². The Hall–Kier alpha value is -2.36. The molecule has 4 nitrogen and oxygen atoms in total. The quantitative estimate of drug-likeness (QED) is 0.797. The van der Waals surface area contributed by atoms with Gasteiger partial charge in [0.1, 0.15) is 6.29 Å². The molecule has 88 valence electrons. The lowest BCUT2D eigenvalue weighted by Crippen LogP contribution is -2.20. The minimum absolute atomic E-state index is 0.219. The van der Waals surface area contributed by atoms with Crippen molar-refractivity contribution in [2.75, 3.05) is 0 Å². The van der Waals surface area contributed by atoms with E-state index in [0.717, 1.165) is 6.07 Å². The number of benzene rings is 1. The lowest BCUT2D eigenvalue weighted by Gasteiger charge is -2.12. The van der Waals surface area contributed by atoms with Crippen LogP contribution >= 0.6 is 0 Å². The number of nitrogens with two attached hydrogens (primary N) is 1. The summed E-state index contributed by atoms with van der Waals surface area (Å²) in [5.41, 5.74) is 1.46. The van der Waals surface area contributed by atoms with Crippen LogP contribution in [0.2, 0.25) is 0 Å². The molecule has 1 aromatic carbocycles.